The Morgan fingerprint density at radius 3 is 2.75 bits per heavy atom. The van der Waals surface area contributed by atoms with Gasteiger partial charge in [-0.25, -0.2) is 0 Å². The van der Waals surface area contributed by atoms with E-state index in [-0.39, 0.29) is 0 Å². The maximum absolute atomic E-state index is 3.36. The Morgan fingerprint density at radius 2 is 2.25 bits per heavy atom. The zero-order valence-electron chi connectivity index (χ0n) is 8.05. The molecule has 0 aliphatic carbocycles. The summed E-state index contributed by atoms with van der Waals surface area (Å²) < 4.78 is 0. The molecule has 1 unspecified atom stereocenters. The van der Waals surface area contributed by atoms with Gasteiger partial charge in [0.1, 0.15) is 0 Å². The van der Waals surface area contributed by atoms with Crippen LogP contribution in [0.1, 0.15) is 29.5 Å². The number of aryl methyl sites for hydroxylation is 1. The summed E-state index contributed by atoms with van der Waals surface area (Å²) in [5.74, 6) is 0.656. The lowest BCUT2D eigenvalue weighted by Crippen LogP contribution is -2.18. The van der Waals surface area contributed by atoms with Crippen molar-refractivity contribution in [3.63, 3.8) is 0 Å². The van der Waals surface area contributed by atoms with E-state index in [1.165, 1.54) is 9.75 Å². The minimum Gasteiger partial charge on any atom is -0.316 e. The molecule has 1 rings (SSSR count). The average molecular weight is 183 g/mol. The van der Waals surface area contributed by atoms with E-state index in [1.54, 1.807) is 0 Å². The molecule has 2 heteroatoms. The van der Waals surface area contributed by atoms with E-state index >= 15 is 0 Å². The molecule has 1 atom stereocenters. The van der Waals surface area contributed by atoms with Gasteiger partial charge in [-0.3, -0.25) is 0 Å². The summed E-state index contributed by atoms with van der Waals surface area (Å²) in [7, 11) is 0. The Morgan fingerprint density at radius 1 is 1.50 bits per heavy atom. The first-order valence-corrected chi connectivity index (χ1v) is 5.32. The molecule has 1 N–H and O–H groups in total. The summed E-state index contributed by atoms with van der Waals surface area (Å²) in [5.41, 5.74) is 0. The fraction of sp³-hybridized carbons (Fsp3) is 0.600. The minimum absolute atomic E-state index is 0.656. The van der Waals surface area contributed by atoms with Gasteiger partial charge in [-0.15, -0.1) is 11.3 Å². The van der Waals surface area contributed by atoms with Crippen molar-refractivity contribution in [1.29, 1.82) is 0 Å². The third kappa shape index (κ3) is 2.61. The summed E-state index contributed by atoms with van der Waals surface area (Å²) in [5, 5.41) is 3.36. The highest BCUT2D eigenvalue weighted by molar-refractivity contribution is 7.12. The number of likely N-dealkylation sites (N-methyl/N-ethyl adjacent to an activating group) is 1. The van der Waals surface area contributed by atoms with Gasteiger partial charge in [0.05, 0.1) is 0 Å². The average Bonchev–Trinajstić information content (AvgIpc) is 2.47. The Kier molecular flexibility index (Phi) is 3.76. The highest BCUT2D eigenvalue weighted by Gasteiger charge is 2.05. The molecular formula is C10H17NS. The van der Waals surface area contributed by atoms with Crippen molar-refractivity contribution < 1.29 is 0 Å². The molecule has 0 spiro atoms. The van der Waals surface area contributed by atoms with Crippen LogP contribution in [0.2, 0.25) is 0 Å². The highest BCUT2D eigenvalue weighted by atomic mass is 32.1. The molecule has 0 saturated heterocycles. The smallest absolute Gasteiger partial charge is 0.00889 e. The number of hydrogen-bond donors (Lipinski definition) is 1. The van der Waals surface area contributed by atoms with Crippen LogP contribution in [0, 0.1) is 6.92 Å². The first-order chi connectivity index (χ1) is 5.74. The fourth-order valence-corrected chi connectivity index (χ4v) is 2.11. The molecule has 0 aromatic carbocycles. The summed E-state index contributed by atoms with van der Waals surface area (Å²) in [4.78, 5) is 2.90. The summed E-state index contributed by atoms with van der Waals surface area (Å²) in [6, 6.07) is 4.43. The molecular weight excluding hydrogens is 166 g/mol. The van der Waals surface area contributed by atoms with Crippen molar-refractivity contribution in [2.75, 3.05) is 13.1 Å². The lowest BCUT2D eigenvalue weighted by molar-refractivity contribution is 0.642. The third-order valence-corrected chi connectivity index (χ3v) is 3.18. The van der Waals surface area contributed by atoms with Gasteiger partial charge in [-0.1, -0.05) is 13.8 Å². The van der Waals surface area contributed by atoms with Crippen LogP contribution in [0.5, 0.6) is 0 Å². The quantitative estimate of drug-likeness (QED) is 0.757. The number of rotatable bonds is 4. The van der Waals surface area contributed by atoms with Gasteiger partial charge >= 0.3 is 0 Å². The van der Waals surface area contributed by atoms with Gasteiger partial charge in [0.2, 0.25) is 0 Å². The van der Waals surface area contributed by atoms with Gasteiger partial charge in [0.15, 0.2) is 0 Å². The lowest BCUT2D eigenvalue weighted by Gasteiger charge is -2.08. The molecule has 0 saturated carbocycles. The third-order valence-electron chi connectivity index (χ3n) is 1.95. The number of thiophene rings is 1. The Labute approximate surface area is 78.8 Å². The molecule has 0 bridgehead atoms. The van der Waals surface area contributed by atoms with E-state index in [9.17, 15) is 0 Å². The van der Waals surface area contributed by atoms with Crippen LogP contribution in [0.15, 0.2) is 12.1 Å². The SMILES string of the molecule is CCNCC(C)c1ccc(C)s1. The van der Waals surface area contributed by atoms with Crippen molar-refractivity contribution in [1.82, 2.24) is 5.32 Å². The molecule has 12 heavy (non-hydrogen) atoms. The van der Waals surface area contributed by atoms with Gasteiger partial charge in [-0.05, 0) is 25.6 Å². The molecule has 1 aromatic rings. The highest BCUT2D eigenvalue weighted by Crippen LogP contribution is 2.23. The number of hydrogen-bond acceptors (Lipinski definition) is 2. The van der Waals surface area contributed by atoms with E-state index in [0.29, 0.717) is 5.92 Å². The monoisotopic (exact) mass is 183 g/mol. The van der Waals surface area contributed by atoms with Crippen LogP contribution in [-0.2, 0) is 0 Å². The standard InChI is InChI=1S/C10H17NS/c1-4-11-7-8(2)10-6-5-9(3)12-10/h5-6,8,11H,4,7H2,1-3H3. The van der Waals surface area contributed by atoms with E-state index in [1.807, 2.05) is 11.3 Å². The number of nitrogens with one attached hydrogen (secondary N) is 1. The first kappa shape index (κ1) is 9.75. The lowest BCUT2D eigenvalue weighted by atomic mass is 10.1. The summed E-state index contributed by atoms with van der Waals surface area (Å²) in [6.45, 7) is 8.74. The first-order valence-electron chi connectivity index (χ1n) is 4.51. The second-order valence-electron chi connectivity index (χ2n) is 3.16. The van der Waals surface area contributed by atoms with Gasteiger partial charge in [0, 0.05) is 22.2 Å². The van der Waals surface area contributed by atoms with Crippen molar-refractivity contribution in [3.8, 4) is 0 Å². The minimum atomic E-state index is 0.656. The molecule has 1 nitrogen and oxygen atoms in total. The Balaban J connectivity index is 2.47. The summed E-state index contributed by atoms with van der Waals surface area (Å²) in [6.07, 6.45) is 0. The van der Waals surface area contributed by atoms with Crippen molar-refractivity contribution >= 4 is 11.3 Å². The van der Waals surface area contributed by atoms with Crippen LogP contribution in [-0.4, -0.2) is 13.1 Å². The van der Waals surface area contributed by atoms with Gasteiger partial charge in [-0.2, -0.15) is 0 Å². The van der Waals surface area contributed by atoms with Crippen molar-refractivity contribution in [3.05, 3.63) is 21.9 Å². The Bertz CT molecular complexity index is 229. The zero-order valence-corrected chi connectivity index (χ0v) is 8.87. The topological polar surface area (TPSA) is 12.0 Å². The maximum Gasteiger partial charge on any atom is 0.00889 e. The fourth-order valence-electron chi connectivity index (χ4n) is 1.18. The van der Waals surface area contributed by atoms with Crippen LogP contribution in [0.3, 0.4) is 0 Å². The molecule has 0 aliphatic rings. The molecule has 1 heterocycles. The summed E-state index contributed by atoms with van der Waals surface area (Å²) >= 11 is 1.91. The predicted molar refractivity (Wildman–Crippen MR) is 56.0 cm³/mol. The van der Waals surface area contributed by atoms with E-state index in [0.717, 1.165) is 13.1 Å². The van der Waals surface area contributed by atoms with Crippen molar-refractivity contribution in [2.24, 2.45) is 0 Å². The van der Waals surface area contributed by atoms with Crippen LogP contribution >= 0.6 is 11.3 Å². The predicted octanol–water partition coefficient (Wildman–Crippen LogP) is 2.77. The second kappa shape index (κ2) is 4.63. The van der Waals surface area contributed by atoms with Crippen LogP contribution in [0.4, 0.5) is 0 Å². The van der Waals surface area contributed by atoms with Crippen LogP contribution < -0.4 is 5.32 Å². The molecule has 1 aromatic heterocycles. The molecule has 0 fully saturated rings. The van der Waals surface area contributed by atoms with E-state index in [4.69, 9.17) is 0 Å². The zero-order chi connectivity index (χ0) is 8.97. The Hall–Kier alpha value is -0.340. The van der Waals surface area contributed by atoms with E-state index < -0.39 is 0 Å². The van der Waals surface area contributed by atoms with E-state index in [2.05, 4.69) is 38.2 Å². The van der Waals surface area contributed by atoms with Gasteiger partial charge < -0.3 is 5.32 Å². The van der Waals surface area contributed by atoms with Crippen LogP contribution in [0.25, 0.3) is 0 Å². The second-order valence-corrected chi connectivity index (χ2v) is 4.48. The largest absolute Gasteiger partial charge is 0.316 e. The molecule has 0 aliphatic heterocycles. The van der Waals surface area contributed by atoms with Crippen molar-refractivity contribution in [2.45, 2.75) is 26.7 Å². The molecule has 68 valence electrons. The molecule has 0 amide bonds. The molecule has 0 radical (unpaired) electrons. The maximum atomic E-state index is 3.36. The normalized spacial score (nSPS) is 13.2. The van der Waals surface area contributed by atoms with Gasteiger partial charge in [0.25, 0.3) is 0 Å².